The van der Waals surface area contributed by atoms with Crippen LogP contribution in [-0.4, -0.2) is 27.4 Å². The molecule has 0 aromatic heterocycles. The fourth-order valence-electron chi connectivity index (χ4n) is 1.90. The Labute approximate surface area is 144 Å². The van der Waals surface area contributed by atoms with Crippen LogP contribution in [0, 0.1) is 0 Å². The summed E-state index contributed by atoms with van der Waals surface area (Å²) in [5, 5.41) is 1.11. The molecule has 120 valence electrons. The number of thiocarbonyl (C=S) groups is 1. The maximum atomic E-state index is 12.3. The van der Waals surface area contributed by atoms with Crippen LogP contribution in [0.15, 0.2) is 29.2 Å². The lowest BCUT2D eigenvalue weighted by atomic mass is 10.1. The van der Waals surface area contributed by atoms with Gasteiger partial charge in [-0.3, -0.25) is 19.8 Å². The number of nitrogens with zero attached hydrogens (tertiary/aromatic N) is 1. The lowest BCUT2D eigenvalue weighted by Gasteiger charge is -2.15. The number of hydrogen-bond acceptors (Lipinski definition) is 5. The standard InChI is InChI=1S/C16H16N2O3S2/c1-2-3-4-14(20)17-18-15(21)13(23-16(18)22)9-11-5-7-12(10-19)8-6-11/h5-10H,2-4H2,1H3,(H,17,20)/b13-9+. The van der Waals surface area contributed by atoms with Gasteiger partial charge in [0.1, 0.15) is 6.29 Å². The number of amides is 2. The van der Waals surface area contributed by atoms with E-state index in [0.29, 0.717) is 21.2 Å². The summed E-state index contributed by atoms with van der Waals surface area (Å²) in [5.41, 5.74) is 3.90. The lowest BCUT2D eigenvalue weighted by molar-refractivity contribution is -0.133. The summed E-state index contributed by atoms with van der Waals surface area (Å²) >= 11 is 6.28. The second-order valence-electron chi connectivity index (χ2n) is 4.94. The van der Waals surface area contributed by atoms with Crippen LogP contribution in [-0.2, 0) is 9.59 Å². The van der Waals surface area contributed by atoms with Crippen molar-refractivity contribution >= 4 is 52.5 Å². The second-order valence-corrected chi connectivity index (χ2v) is 6.62. The van der Waals surface area contributed by atoms with Crippen molar-refractivity contribution in [2.75, 3.05) is 0 Å². The third-order valence-electron chi connectivity index (χ3n) is 3.16. The van der Waals surface area contributed by atoms with Crippen LogP contribution in [0.2, 0.25) is 0 Å². The molecular formula is C16H16N2O3S2. The van der Waals surface area contributed by atoms with E-state index in [9.17, 15) is 14.4 Å². The van der Waals surface area contributed by atoms with Gasteiger partial charge in [-0.1, -0.05) is 49.4 Å². The average Bonchev–Trinajstić information content (AvgIpc) is 2.81. The van der Waals surface area contributed by atoms with Crippen molar-refractivity contribution < 1.29 is 14.4 Å². The van der Waals surface area contributed by atoms with Crippen LogP contribution >= 0.6 is 24.0 Å². The van der Waals surface area contributed by atoms with Crippen molar-refractivity contribution in [1.82, 2.24) is 10.4 Å². The first-order valence-corrected chi connectivity index (χ1v) is 8.40. The van der Waals surface area contributed by atoms with Gasteiger partial charge < -0.3 is 0 Å². The van der Waals surface area contributed by atoms with Gasteiger partial charge in [-0.05, 0) is 30.3 Å². The Balaban J connectivity index is 2.08. The Bertz CT molecular complexity index is 668. The van der Waals surface area contributed by atoms with E-state index in [1.54, 1.807) is 30.3 Å². The van der Waals surface area contributed by atoms with E-state index in [4.69, 9.17) is 12.2 Å². The van der Waals surface area contributed by atoms with Crippen LogP contribution in [0.4, 0.5) is 0 Å². The third kappa shape index (κ3) is 4.49. The predicted molar refractivity (Wildman–Crippen MR) is 94.5 cm³/mol. The SMILES string of the molecule is CCCCC(=O)NN1C(=O)/C(=C\c2ccc(C=O)cc2)SC1=S. The summed E-state index contributed by atoms with van der Waals surface area (Å²) in [6, 6.07) is 6.84. The van der Waals surface area contributed by atoms with E-state index in [1.165, 1.54) is 0 Å². The highest BCUT2D eigenvalue weighted by Crippen LogP contribution is 2.31. The fraction of sp³-hybridized carbons (Fsp3) is 0.250. The van der Waals surface area contributed by atoms with E-state index in [2.05, 4.69) is 5.43 Å². The van der Waals surface area contributed by atoms with Gasteiger partial charge in [-0.15, -0.1) is 0 Å². The molecule has 1 heterocycles. The lowest BCUT2D eigenvalue weighted by Crippen LogP contribution is -2.44. The zero-order valence-corrected chi connectivity index (χ0v) is 14.2. The number of hydrogen-bond donors (Lipinski definition) is 1. The minimum absolute atomic E-state index is 0.222. The monoisotopic (exact) mass is 348 g/mol. The van der Waals surface area contributed by atoms with Crippen molar-refractivity contribution in [2.45, 2.75) is 26.2 Å². The van der Waals surface area contributed by atoms with Gasteiger partial charge >= 0.3 is 0 Å². The van der Waals surface area contributed by atoms with Crippen LogP contribution < -0.4 is 5.43 Å². The predicted octanol–water partition coefficient (Wildman–Crippen LogP) is 2.92. The molecule has 0 saturated carbocycles. The Morgan fingerprint density at radius 1 is 1.30 bits per heavy atom. The maximum absolute atomic E-state index is 12.3. The molecule has 23 heavy (non-hydrogen) atoms. The molecule has 0 bridgehead atoms. The van der Waals surface area contributed by atoms with Crippen LogP contribution in [0.3, 0.4) is 0 Å². The van der Waals surface area contributed by atoms with Gasteiger partial charge in [0.2, 0.25) is 5.91 Å². The molecule has 1 N–H and O–H groups in total. The number of aldehydes is 1. The van der Waals surface area contributed by atoms with Crippen molar-refractivity contribution in [3.63, 3.8) is 0 Å². The highest BCUT2D eigenvalue weighted by atomic mass is 32.2. The quantitative estimate of drug-likeness (QED) is 0.486. The molecule has 2 rings (SSSR count). The number of thioether (sulfide) groups is 1. The molecule has 5 nitrogen and oxygen atoms in total. The molecule has 0 aliphatic carbocycles. The second kappa shape index (κ2) is 8.03. The molecule has 0 unspecified atom stereocenters. The van der Waals surface area contributed by atoms with E-state index in [1.807, 2.05) is 6.92 Å². The number of unbranched alkanes of at least 4 members (excludes halogenated alkanes) is 1. The summed E-state index contributed by atoms with van der Waals surface area (Å²) in [7, 11) is 0. The molecule has 1 fully saturated rings. The fourth-order valence-corrected chi connectivity index (χ4v) is 3.08. The first-order valence-electron chi connectivity index (χ1n) is 7.18. The number of benzene rings is 1. The van der Waals surface area contributed by atoms with Crippen molar-refractivity contribution in [2.24, 2.45) is 0 Å². The Kier molecular flexibility index (Phi) is 6.06. The zero-order chi connectivity index (χ0) is 16.8. The van der Waals surface area contributed by atoms with Crippen LogP contribution in [0.25, 0.3) is 6.08 Å². The number of nitrogens with one attached hydrogen (secondary N) is 1. The van der Waals surface area contributed by atoms with E-state index in [-0.39, 0.29) is 11.8 Å². The Hall–Kier alpha value is -1.99. The highest BCUT2D eigenvalue weighted by molar-refractivity contribution is 8.26. The molecule has 0 radical (unpaired) electrons. The van der Waals surface area contributed by atoms with Gasteiger partial charge in [-0.2, -0.15) is 5.01 Å². The number of carbonyl (C=O) groups excluding carboxylic acids is 3. The van der Waals surface area contributed by atoms with E-state index in [0.717, 1.165) is 41.5 Å². The molecule has 7 heteroatoms. The highest BCUT2D eigenvalue weighted by Gasteiger charge is 2.33. The van der Waals surface area contributed by atoms with Gasteiger partial charge in [0.25, 0.3) is 5.91 Å². The smallest absolute Gasteiger partial charge is 0.285 e. The molecule has 1 aromatic carbocycles. The molecule has 1 aliphatic rings. The normalized spacial score (nSPS) is 16.0. The molecule has 1 aromatic rings. The largest absolute Gasteiger partial charge is 0.298 e. The number of hydrazine groups is 1. The average molecular weight is 348 g/mol. The van der Waals surface area contributed by atoms with Gasteiger partial charge in [0, 0.05) is 12.0 Å². The van der Waals surface area contributed by atoms with Gasteiger partial charge in [-0.25, -0.2) is 0 Å². The first-order chi connectivity index (χ1) is 11.0. The van der Waals surface area contributed by atoms with E-state index >= 15 is 0 Å². The van der Waals surface area contributed by atoms with Gasteiger partial charge in [0.15, 0.2) is 4.32 Å². The molecule has 2 amide bonds. The van der Waals surface area contributed by atoms with E-state index < -0.39 is 0 Å². The molecular weight excluding hydrogens is 332 g/mol. The van der Waals surface area contributed by atoms with Crippen molar-refractivity contribution in [3.05, 3.63) is 40.3 Å². The van der Waals surface area contributed by atoms with Crippen LogP contribution in [0.5, 0.6) is 0 Å². The van der Waals surface area contributed by atoms with Crippen LogP contribution in [0.1, 0.15) is 42.1 Å². The summed E-state index contributed by atoms with van der Waals surface area (Å²) in [6.45, 7) is 1.99. The number of carbonyl (C=O) groups is 3. The first kappa shape index (κ1) is 17.4. The minimum Gasteiger partial charge on any atom is -0.298 e. The summed E-state index contributed by atoms with van der Waals surface area (Å²) in [5.74, 6) is -0.566. The maximum Gasteiger partial charge on any atom is 0.285 e. The zero-order valence-electron chi connectivity index (χ0n) is 12.6. The van der Waals surface area contributed by atoms with Gasteiger partial charge in [0.05, 0.1) is 4.91 Å². The summed E-state index contributed by atoms with van der Waals surface area (Å²) in [4.78, 5) is 35.2. The Morgan fingerprint density at radius 2 is 1.96 bits per heavy atom. The molecule has 0 spiro atoms. The third-order valence-corrected chi connectivity index (χ3v) is 4.46. The molecule has 1 saturated heterocycles. The topological polar surface area (TPSA) is 66.5 Å². The molecule has 1 aliphatic heterocycles. The van der Waals surface area contributed by atoms with Crippen molar-refractivity contribution in [1.29, 1.82) is 0 Å². The number of rotatable bonds is 6. The molecule has 0 atom stereocenters. The van der Waals surface area contributed by atoms with Crippen molar-refractivity contribution in [3.8, 4) is 0 Å². The summed E-state index contributed by atoms with van der Waals surface area (Å²) < 4.78 is 0.301. The summed E-state index contributed by atoms with van der Waals surface area (Å²) in [6.07, 6.45) is 4.48. The Morgan fingerprint density at radius 3 is 2.57 bits per heavy atom. The minimum atomic E-state index is -0.343.